The normalized spacial score (nSPS) is 26.3. The summed E-state index contributed by atoms with van der Waals surface area (Å²) in [5, 5.41) is 3.19. The second-order valence-corrected chi connectivity index (χ2v) is 9.86. The monoisotopic (exact) mass is 471 g/mol. The third-order valence-corrected chi connectivity index (χ3v) is 7.78. The van der Waals surface area contributed by atoms with Crippen molar-refractivity contribution in [2.75, 3.05) is 19.6 Å². The van der Waals surface area contributed by atoms with Crippen molar-refractivity contribution in [2.24, 2.45) is 0 Å². The topological polar surface area (TPSA) is 35.6 Å². The molecule has 2 aromatic carbocycles. The number of fused-ring (bicyclic) bond motifs is 1. The molecule has 3 aliphatic rings. The first-order valence-corrected chi connectivity index (χ1v) is 12.6. The van der Waals surface area contributed by atoms with Crippen LogP contribution in [0.3, 0.4) is 0 Å². The first-order valence-electron chi connectivity index (χ1n) is 14.6. The standard InChI is InChI=1S/C28H35F2N3O/c29-22-11-7-20(8-12-22)25(21-9-13-23(30)14-10-21)4-3-17-32-18-15-24(16-19-32)33-27-6-2-1-5-26(27)31-28(33)34/h7-14,24-27H,1-6,15-19H2,(H,31,34)/i7D,8D,11D,12D. The van der Waals surface area contributed by atoms with Crippen molar-refractivity contribution >= 4 is 6.03 Å². The number of hydrogen-bond acceptors (Lipinski definition) is 2. The summed E-state index contributed by atoms with van der Waals surface area (Å²) in [4.78, 5) is 17.2. The van der Waals surface area contributed by atoms with E-state index in [9.17, 15) is 13.6 Å². The lowest BCUT2D eigenvalue weighted by Crippen LogP contribution is -2.50. The number of nitrogens with one attached hydrogen (secondary N) is 1. The Morgan fingerprint density at radius 2 is 1.65 bits per heavy atom. The number of likely N-dealkylation sites (tertiary alicyclic amines) is 1. The van der Waals surface area contributed by atoms with Gasteiger partial charge in [-0.25, -0.2) is 13.6 Å². The Bertz CT molecular complexity index is 1140. The van der Waals surface area contributed by atoms with Crippen molar-refractivity contribution in [1.29, 1.82) is 0 Å². The predicted molar refractivity (Wildman–Crippen MR) is 130 cm³/mol. The van der Waals surface area contributed by atoms with Crippen LogP contribution in [0, 0.1) is 11.6 Å². The average molecular weight is 472 g/mol. The molecule has 5 rings (SSSR count). The molecule has 0 radical (unpaired) electrons. The highest BCUT2D eigenvalue weighted by atomic mass is 19.1. The van der Waals surface area contributed by atoms with Crippen LogP contribution >= 0.6 is 0 Å². The summed E-state index contributed by atoms with van der Waals surface area (Å²) in [5.41, 5.74) is 0.827. The molecule has 0 spiro atoms. The number of hydrogen-bond donors (Lipinski definition) is 1. The van der Waals surface area contributed by atoms with E-state index < -0.39 is 29.6 Å². The Morgan fingerprint density at radius 1 is 0.941 bits per heavy atom. The largest absolute Gasteiger partial charge is 0.333 e. The molecule has 2 amide bonds. The van der Waals surface area contributed by atoms with Crippen LogP contribution in [0.25, 0.3) is 0 Å². The van der Waals surface area contributed by atoms with Gasteiger partial charge in [-0.3, -0.25) is 0 Å². The van der Waals surface area contributed by atoms with Crippen molar-refractivity contribution in [3.8, 4) is 0 Å². The molecule has 182 valence electrons. The summed E-state index contributed by atoms with van der Waals surface area (Å²) in [7, 11) is 0. The van der Waals surface area contributed by atoms with Crippen LogP contribution in [0.15, 0.2) is 48.4 Å². The van der Waals surface area contributed by atoms with Gasteiger partial charge in [0.25, 0.3) is 0 Å². The number of urea groups is 1. The molecule has 1 aliphatic carbocycles. The number of piperidine rings is 1. The number of rotatable bonds is 7. The van der Waals surface area contributed by atoms with Gasteiger partial charge in [-0.15, -0.1) is 0 Å². The van der Waals surface area contributed by atoms with Crippen LogP contribution < -0.4 is 5.32 Å². The minimum absolute atomic E-state index is 0.0849. The van der Waals surface area contributed by atoms with Crippen molar-refractivity contribution in [3.63, 3.8) is 0 Å². The van der Waals surface area contributed by atoms with Gasteiger partial charge in [-0.05, 0) is 80.4 Å². The highest BCUT2D eigenvalue weighted by molar-refractivity contribution is 5.78. The summed E-state index contributed by atoms with van der Waals surface area (Å²) in [6.45, 7) is 2.54. The Morgan fingerprint density at radius 3 is 2.38 bits per heavy atom. The maximum Gasteiger partial charge on any atom is 0.318 e. The van der Waals surface area contributed by atoms with E-state index in [1.165, 1.54) is 25.0 Å². The lowest BCUT2D eigenvalue weighted by Gasteiger charge is -2.40. The molecule has 0 bridgehead atoms. The van der Waals surface area contributed by atoms with Crippen molar-refractivity contribution in [1.82, 2.24) is 15.1 Å². The molecule has 3 fully saturated rings. The second kappa shape index (κ2) is 10.4. The van der Waals surface area contributed by atoms with Crippen LogP contribution in [0.2, 0.25) is 0 Å². The zero-order chi connectivity index (χ0) is 27.0. The van der Waals surface area contributed by atoms with E-state index in [0.717, 1.165) is 51.7 Å². The Balaban J connectivity index is 1.24. The van der Waals surface area contributed by atoms with Gasteiger partial charge in [0.2, 0.25) is 0 Å². The number of carbonyl (C=O) groups is 1. The molecule has 2 aromatic rings. The fourth-order valence-corrected chi connectivity index (χ4v) is 6.03. The Hall–Kier alpha value is -2.47. The summed E-state index contributed by atoms with van der Waals surface area (Å²) < 4.78 is 60.4. The SMILES string of the molecule is [2H]c1c([2H])c(C(CCCN2CCC(N3C(=O)NC4CCCCC43)CC2)c2ccc(F)cc2)c([2H])c([2H])c1F. The molecular weight excluding hydrogens is 432 g/mol. The number of halogens is 2. The molecule has 2 heterocycles. The molecule has 2 saturated heterocycles. The van der Waals surface area contributed by atoms with Gasteiger partial charge in [0.15, 0.2) is 0 Å². The quantitative estimate of drug-likeness (QED) is 0.564. The van der Waals surface area contributed by atoms with E-state index in [-0.39, 0.29) is 29.7 Å². The van der Waals surface area contributed by atoms with E-state index in [0.29, 0.717) is 24.1 Å². The van der Waals surface area contributed by atoms with E-state index in [1.807, 2.05) is 0 Å². The molecule has 1 N–H and O–H groups in total. The lowest BCUT2D eigenvalue weighted by atomic mass is 9.87. The highest BCUT2D eigenvalue weighted by Gasteiger charge is 2.44. The third kappa shape index (κ3) is 5.12. The molecule has 3 atom stereocenters. The fourth-order valence-electron chi connectivity index (χ4n) is 6.03. The molecule has 2 aliphatic heterocycles. The summed E-state index contributed by atoms with van der Waals surface area (Å²) in [6, 6.07) is 4.66. The number of benzene rings is 2. The Labute approximate surface area is 206 Å². The van der Waals surface area contributed by atoms with Crippen molar-refractivity contribution in [2.45, 2.75) is 75.4 Å². The Kier molecular flexibility index (Phi) is 5.77. The van der Waals surface area contributed by atoms with Gasteiger partial charge in [-0.1, -0.05) is 37.1 Å². The van der Waals surface area contributed by atoms with Gasteiger partial charge in [-0.2, -0.15) is 0 Å². The van der Waals surface area contributed by atoms with Gasteiger partial charge in [0, 0.05) is 25.0 Å². The van der Waals surface area contributed by atoms with Crippen molar-refractivity contribution < 1.29 is 19.1 Å². The van der Waals surface area contributed by atoms with E-state index in [1.54, 1.807) is 12.1 Å². The van der Waals surface area contributed by atoms with Crippen LogP contribution in [0.4, 0.5) is 13.6 Å². The van der Waals surface area contributed by atoms with Crippen LogP contribution in [0.1, 0.15) is 73.9 Å². The van der Waals surface area contributed by atoms with Crippen LogP contribution in [-0.2, 0) is 0 Å². The molecule has 0 aromatic heterocycles. The zero-order valence-electron chi connectivity index (χ0n) is 23.5. The average Bonchev–Trinajstić information content (AvgIpc) is 3.26. The maximum absolute atomic E-state index is 14.2. The zero-order valence-corrected chi connectivity index (χ0v) is 19.5. The van der Waals surface area contributed by atoms with Gasteiger partial charge in [0.1, 0.15) is 11.6 Å². The van der Waals surface area contributed by atoms with E-state index in [4.69, 9.17) is 5.48 Å². The summed E-state index contributed by atoms with van der Waals surface area (Å²) >= 11 is 0. The fraction of sp³-hybridized carbons (Fsp3) is 0.536. The predicted octanol–water partition coefficient (Wildman–Crippen LogP) is 5.68. The smallest absolute Gasteiger partial charge is 0.318 e. The molecule has 6 heteroatoms. The molecule has 4 nitrogen and oxygen atoms in total. The maximum atomic E-state index is 14.2. The lowest BCUT2D eigenvalue weighted by molar-refractivity contribution is 0.101. The van der Waals surface area contributed by atoms with Gasteiger partial charge in [0.05, 0.1) is 17.6 Å². The minimum atomic E-state index is -1.16. The summed E-state index contributed by atoms with van der Waals surface area (Å²) in [5.74, 6) is -2.07. The highest BCUT2D eigenvalue weighted by Crippen LogP contribution is 2.33. The van der Waals surface area contributed by atoms with Crippen molar-refractivity contribution in [3.05, 3.63) is 71.2 Å². The number of amides is 2. The second-order valence-electron chi connectivity index (χ2n) is 9.86. The molecule has 3 unspecified atom stereocenters. The van der Waals surface area contributed by atoms with E-state index in [2.05, 4.69) is 15.1 Å². The van der Waals surface area contributed by atoms with E-state index >= 15 is 0 Å². The third-order valence-electron chi connectivity index (χ3n) is 7.78. The van der Waals surface area contributed by atoms with Gasteiger partial charge < -0.3 is 15.1 Å². The summed E-state index contributed by atoms with van der Waals surface area (Å²) in [6.07, 6.45) is 7.59. The van der Waals surface area contributed by atoms with Crippen LogP contribution in [-0.4, -0.2) is 53.6 Å². The number of nitrogens with zero attached hydrogens (tertiary/aromatic N) is 2. The molecular formula is C28H35F2N3O. The minimum Gasteiger partial charge on any atom is -0.333 e. The van der Waals surface area contributed by atoms with Gasteiger partial charge >= 0.3 is 6.03 Å². The molecule has 1 saturated carbocycles. The first kappa shape index (κ1) is 18.8. The first-order chi connectivity index (χ1) is 18.3. The van der Waals surface area contributed by atoms with Crippen LogP contribution in [0.5, 0.6) is 0 Å². The molecule has 34 heavy (non-hydrogen) atoms. The number of carbonyl (C=O) groups excluding carboxylic acids is 1.